The number of hydrogen-bond donors (Lipinski definition) is 1. The monoisotopic (exact) mass is 309 g/mol. The first-order valence-electron chi connectivity index (χ1n) is 7.17. The van der Waals surface area contributed by atoms with Crippen molar-refractivity contribution in [2.24, 2.45) is 5.73 Å². The van der Waals surface area contributed by atoms with Crippen LogP contribution in [0.4, 0.5) is 5.69 Å². The van der Waals surface area contributed by atoms with E-state index in [9.17, 15) is 14.9 Å². The van der Waals surface area contributed by atoms with Gasteiger partial charge in [-0.3, -0.25) is 14.9 Å². The highest BCUT2D eigenvalue weighted by Crippen LogP contribution is 2.21. The predicted molar refractivity (Wildman–Crippen MR) is 87.3 cm³/mol. The molecule has 0 unspecified atom stereocenters. The van der Waals surface area contributed by atoms with Gasteiger partial charge < -0.3 is 10.3 Å². The minimum absolute atomic E-state index is 0.0676. The highest BCUT2D eigenvalue weighted by molar-refractivity contribution is 5.97. The van der Waals surface area contributed by atoms with E-state index in [2.05, 4.69) is 0 Å². The van der Waals surface area contributed by atoms with Crippen LogP contribution in [0.3, 0.4) is 0 Å². The van der Waals surface area contributed by atoms with Crippen molar-refractivity contribution in [2.45, 2.75) is 13.0 Å². The van der Waals surface area contributed by atoms with Crippen molar-refractivity contribution in [3.8, 4) is 0 Å². The molecule has 0 spiro atoms. The van der Waals surface area contributed by atoms with Crippen molar-refractivity contribution < 1.29 is 9.72 Å². The molecular weight excluding hydrogens is 294 g/mol. The fraction of sp³-hybridized carbons (Fsp3) is 0.118. The highest BCUT2D eigenvalue weighted by atomic mass is 16.6. The van der Waals surface area contributed by atoms with Crippen LogP contribution in [-0.4, -0.2) is 15.4 Å². The van der Waals surface area contributed by atoms with Gasteiger partial charge in [0.05, 0.1) is 4.92 Å². The lowest BCUT2D eigenvalue weighted by molar-refractivity contribution is -0.384. The number of nitro groups is 1. The van der Waals surface area contributed by atoms with Gasteiger partial charge in [0.15, 0.2) is 0 Å². The topological polar surface area (TPSA) is 91.2 Å². The zero-order chi connectivity index (χ0) is 16.4. The summed E-state index contributed by atoms with van der Waals surface area (Å²) in [5, 5.41) is 11.6. The molecule has 1 heterocycles. The van der Waals surface area contributed by atoms with E-state index in [-0.39, 0.29) is 5.69 Å². The molecule has 116 valence electrons. The van der Waals surface area contributed by atoms with Gasteiger partial charge in [-0.15, -0.1) is 0 Å². The fourth-order valence-electron chi connectivity index (χ4n) is 2.68. The Hall–Kier alpha value is -3.15. The van der Waals surface area contributed by atoms with Crippen molar-refractivity contribution in [1.29, 1.82) is 0 Å². The van der Waals surface area contributed by atoms with Crippen LogP contribution < -0.4 is 5.73 Å². The molecule has 0 aliphatic carbocycles. The van der Waals surface area contributed by atoms with Crippen LogP contribution in [0.2, 0.25) is 0 Å². The Labute approximate surface area is 132 Å². The second kappa shape index (κ2) is 5.92. The Morgan fingerprint density at radius 2 is 1.83 bits per heavy atom. The third kappa shape index (κ3) is 2.91. The number of nitrogens with zero attached hydrogens (tertiary/aromatic N) is 2. The Morgan fingerprint density at radius 1 is 1.13 bits per heavy atom. The molecule has 0 aliphatic rings. The van der Waals surface area contributed by atoms with Gasteiger partial charge in [0.1, 0.15) is 5.69 Å². The minimum Gasteiger partial charge on any atom is -0.364 e. The average Bonchev–Trinajstić information content (AvgIpc) is 2.92. The number of non-ortho nitro benzene ring substituents is 1. The van der Waals surface area contributed by atoms with Gasteiger partial charge in [-0.05, 0) is 24.1 Å². The van der Waals surface area contributed by atoms with Gasteiger partial charge >= 0.3 is 0 Å². The maximum atomic E-state index is 11.6. The van der Waals surface area contributed by atoms with Gasteiger partial charge in [-0.2, -0.15) is 0 Å². The number of para-hydroxylation sites is 1. The third-order valence-electron chi connectivity index (χ3n) is 3.83. The largest absolute Gasteiger partial charge is 0.364 e. The van der Waals surface area contributed by atoms with Crippen LogP contribution in [0.15, 0.2) is 54.6 Å². The van der Waals surface area contributed by atoms with E-state index < -0.39 is 10.8 Å². The number of hydrogen-bond acceptors (Lipinski definition) is 3. The van der Waals surface area contributed by atoms with Crippen LogP contribution in [0.1, 0.15) is 16.1 Å². The summed E-state index contributed by atoms with van der Waals surface area (Å²) in [5.74, 6) is -0.468. The normalized spacial score (nSPS) is 10.8. The first kappa shape index (κ1) is 14.8. The molecule has 2 aromatic carbocycles. The smallest absolute Gasteiger partial charge is 0.269 e. The first-order valence-corrected chi connectivity index (χ1v) is 7.17. The van der Waals surface area contributed by atoms with Crippen molar-refractivity contribution in [3.63, 3.8) is 0 Å². The van der Waals surface area contributed by atoms with E-state index in [1.54, 1.807) is 18.2 Å². The van der Waals surface area contributed by atoms with Crippen LogP contribution >= 0.6 is 0 Å². The van der Waals surface area contributed by atoms with E-state index in [0.717, 1.165) is 16.5 Å². The number of rotatable bonds is 5. The van der Waals surface area contributed by atoms with Crippen LogP contribution in [0.5, 0.6) is 0 Å². The van der Waals surface area contributed by atoms with Crippen molar-refractivity contribution in [3.05, 3.63) is 76.0 Å². The molecule has 0 radical (unpaired) electrons. The molecule has 1 amide bonds. The third-order valence-corrected chi connectivity index (χ3v) is 3.83. The summed E-state index contributed by atoms with van der Waals surface area (Å²) in [6.07, 6.45) is 0.650. The molecule has 0 atom stereocenters. The number of nitro benzene ring substituents is 1. The minimum atomic E-state index is -0.468. The van der Waals surface area contributed by atoms with E-state index >= 15 is 0 Å². The Morgan fingerprint density at radius 3 is 2.48 bits per heavy atom. The van der Waals surface area contributed by atoms with Crippen molar-refractivity contribution >= 4 is 22.5 Å². The summed E-state index contributed by atoms with van der Waals surface area (Å²) in [4.78, 5) is 21.9. The summed E-state index contributed by atoms with van der Waals surface area (Å²) in [6, 6.07) is 15.9. The van der Waals surface area contributed by atoms with E-state index in [1.807, 2.05) is 28.8 Å². The Balaban J connectivity index is 1.87. The lowest BCUT2D eigenvalue weighted by atomic mass is 10.1. The summed E-state index contributed by atoms with van der Waals surface area (Å²) in [6.45, 7) is 0.573. The number of carbonyl (C=O) groups is 1. The maximum Gasteiger partial charge on any atom is 0.269 e. The highest BCUT2D eigenvalue weighted by Gasteiger charge is 2.13. The lowest BCUT2D eigenvalue weighted by Crippen LogP contribution is -2.17. The number of nitrogens with two attached hydrogens (primary N) is 1. The van der Waals surface area contributed by atoms with E-state index in [1.165, 1.54) is 12.1 Å². The molecule has 2 N–H and O–H groups in total. The molecule has 23 heavy (non-hydrogen) atoms. The van der Waals surface area contributed by atoms with Gasteiger partial charge in [-0.25, -0.2) is 0 Å². The van der Waals surface area contributed by atoms with Crippen LogP contribution in [-0.2, 0) is 13.0 Å². The Bertz CT molecular complexity index is 882. The molecule has 6 nitrogen and oxygen atoms in total. The molecule has 0 fully saturated rings. The van der Waals surface area contributed by atoms with Gasteiger partial charge in [0.25, 0.3) is 11.6 Å². The summed E-state index contributed by atoms with van der Waals surface area (Å²) >= 11 is 0. The van der Waals surface area contributed by atoms with Gasteiger partial charge in [0, 0.05) is 29.6 Å². The molecule has 3 aromatic rings. The second-order valence-electron chi connectivity index (χ2n) is 5.28. The van der Waals surface area contributed by atoms with Crippen molar-refractivity contribution in [1.82, 2.24) is 4.57 Å². The predicted octanol–water partition coefficient (Wildman–Crippen LogP) is 2.89. The first-order chi connectivity index (χ1) is 11.1. The number of aryl methyl sites for hydroxylation is 2. The number of benzene rings is 2. The molecule has 0 bridgehead atoms. The summed E-state index contributed by atoms with van der Waals surface area (Å²) in [7, 11) is 0. The zero-order valence-electron chi connectivity index (χ0n) is 12.3. The molecule has 0 aliphatic heterocycles. The second-order valence-corrected chi connectivity index (χ2v) is 5.28. The number of amides is 1. The van der Waals surface area contributed by atoms with Gasteiger partial charge in [0.2, 0.25) is 0 Å². The molecular formula is C17H15N3O3. The van der Waals surface area contributed by atoms with Crippen LogP contribution in [0, 0.1) is 10.1 Å². The van der Waals surface area contributed by atoms with Crippen molar-refractivity contribution in [2.75, 3.05) is 0 Å². The average molecular weight is 309 g/mol. The molecule has 0 saturated heterocycles. The Kier molecular flexibility index (Phi) is 3.80. The molecule has 3 rings (SSSR count). The van der Waals surface area contributed by atoms with Crippen LogP contribution in [0.25, 0.3) is 10.9 Å². The lowest BCUT2D eigenvalue weighted by Gasteiger charge is -2.09. The van der Waals surface area contributed by atoms with Gasteiger partial charge in [-0.1, -0.05) is 30.3 Å². The molecule has 6 heteroatoms. The molecule has 0 saturated carbocycles. The van der Waals surface area contributed by atoms with E-state index in [0.29, 0.717) is 18.7 Å². The zero-order valence-corrected chi connectivity index (χ0v) is 12.3. The fourth-order valence-corrected chi connectivity index (χ4v) is 2.68. The molecule has 1 aromatic heterocycles. The quantitative estimate of drug-likeness (QED) is 0.580. The van der Waals surface area contributed by atoms with E-state index in [4.69, 9.17) is 5.73 Å². The standard InChI is InChI=1S/C17H15N3O3/c18-17(21)16-11-13-3-1-2-4-15(13)19(16)10-9-12-5-7-14(8-6-12)20(22)23/h1-8,11H,9-10H2,(H2,18,21). The number of primary amides is 1. The summed E-state index contributed by atoms with van der Waals surface area (Å²) < 4.78 is 1.89. The number of carbonyl (C=O) groups excluding carboxylic acids is 1. The SMILES string of the molecule is NC(=O)c1cc2ccccc2n1CCc1ccc([N+](=O)[O-])cc1. The maximum absolute atomic E-state index is 11.6. The number of aromatic nitrogens is 1. The summed E-state index contributed by atoms with van der Waals surface area (Å²) in [5.41, 5.74) is 7.91. The number of fused-ring (bicyclic) bond motifs is 1.